The number of benzene rings is 1. The van der Waals surface area contributed by atoms with Crippen molar-refractivity contribution in [1.82, 2.24) is 5.32 Å². The standard InChI is InChI=1S/C18H29NO/c1-5-13(2)11-14(3)19-18-8-6-7-15-9-10-16(20-4)12-17(15)18/h9-10,12-14,18-19H,5-8,11H2,1-4H3. The van der Waals surface area contributed by atoms with Crippen LogP contribution < -0.4 is 10.1 Å². The fourth-order valence-electron chi connectivity index (χ4n) is 3.26. The van der Waals surface area contributed by atoms with Crippen LogP contribution in [0.15, 0.2) is 18.2 Å². The van der Waals surface area contributed by atoms with E-state index in [4.69, 9.17) is 4.74 Å². The van der Waals surface area contributed by atoms with Gasteiger partial charge in [-0.2, -0.15) is 0 Å². The van der Waals surface area contributed by atoms with E-state index in [0.29, 0.717) is 12.1 Å². The fraction of sp³-hybridized carbons (Fsp3) is 0.667. The van der Waals surface area contributed by atoms with Crippen molar-refractivity contribution < 1.29 is 4.74 Å². The third-order valence-electron chi connectivity index (χ3n) is 4.61. The number of hydrogen-bond acceptors (Lipinski definition) is 2. The maximum atomic E-state index is 5.39. The van der Waals surface area contributed by atoms with Crippen LogP contribution in [0.4, 0.5) is 0 Å². The van der Waals surface area contributed by atoms with E-state index >= 15 is 0 Å². The van der Waals surface area contributed by atoms with Crippen molar-refractivity contribution in [2.24, 2.45) is 5.92 Å². The molecule has 3 atom stereocenters. The summed E-state index contributed by atoms with van der Waals surface area (Å²) in [7, 11) is 1.75. The number of ether oxygens (including phenoxy) is 1. The van der Waals surface area contributed by atoms with Gasteiger partial charge in [0, 0.05) is 12.1 Å². The van der Waals surface area contributed by atoms with Crippen LogP contribution in [0, 0.1) is 5.92 Å². The lowest BCUT2D eigenvalue weighted by molar-refractivity contribution is 0.352. The second-order valence-corrected chi connectivity index (χ2v) is 6.33. The fourth-order valence-corrected chi connectivity index (χ4v) is 3.26. The van der Waals surface area contributed by atoms with Crippen molar-refractivity contribution in [2.75, 3.05) is 7.11 Å². The van der Waals surface area contributed by atoms with Gasteiger partial charge in [-0.1, -0.05) is 26.3 Å². The van der Waals surface area contributed by atoms with E-state index in [1.54, 1.807) is 7.11 Å². The summed E-state index contributed by atoms with van der Waals surface area (Å²) in [6.45, 7) is 6.94. The number of nitrogens with one attached hydrogen (secondary N) is 1. The highest BCUT2D eigenvalue weighted by molar-refractivity contribution is 5.39. The zero-order chi connectivity index (χ0) is 14.5. The van der Waals surface area contributed by atoms with Crippen LogP contribution in [0.25, 0.3) is 0 Å². The lowest BCUT2D eigenvalue weighted by Crippen LogP contribution is -2.33. The largest absolute Gasteiger partial charge is 0.497 e. The minimum absolute atomic E-state index is 0.493. The Kier molecular flexibility index (Phi) is 5.47. The van der Waals surface area contributed by atoms with Crippen LogP contribution in [-0.2, 0) is 6.42 Å². The number of methoxy groups -OCH3 is 1. The zero-order valence-electron chi connectivity index (χ0n) is 13.4. The Hall–Kier alpha value is -1.02. The maximum Gasteiger partial charge on any atom is 0.119 e. The van der Waals surface area contributed by atoms with E-state index in [0.717, 1.165) is 11.7 Å². The molecule has 0 saturated heterocycles. The normalized spacial score (nSPS) is 21.1. The van der Waals surface area contributed by atoms with Crippen LogP contribution in [0.3, 0.4) is 0 Å². The first-order valence-corrected chi connectivity index (χ1v) is 8.06. The van der Waals surface area contributed by atoms with E-state index in [1.165, 1.54) is 43.2 Å². The summed E-state index contributed by atoms with van der Waals surface area (Å²) < 4.78 is 5.39. The van der Waals surface area contributed by atoms with Crippen molar-refractivity contribution in [1.29, 1.82) is 0 Å². The molecule has 0 fully saturated rings. The molecular formula is C18H29NO. The van der Waals surface area contributed by atoms with E-state index in [-0.39, 0.29) is 0 Å². The van der Waals surface area contributed by atoms with Crippen molar-refractivity contribution in [3.8, 4) is 5.75 Å². The Morgan fingerprint density at radius 2 is 2.15 bits per heavy atom. The van der Waals surface area contributed by atoms with Crippen molar-refractivity contribution >= 4 is 0 Å². The van der Waals surface area contributed by atoms with Gasteiger partial charge in [0.05, 0.1) is 7.11 Å². The monoisotopic (exact) mass is 275 g/mol. The molecule has 0 aromatic heterocycles. The molecule has 0 heterocycles. The summed E-state index contributed by atoms with van der Waals surface area (Å²) in [6.07, 6.45) is 6.25. The molecule has 0 saturated carbocycles. The summed E-state index contributed by atoms with van der Waals surface area (Å²) in [5.41, 5.74) is 2.94. The Morgan fingerprint density at radius 1 is 1.35 bits per heavy atom. The molecule has 20 heavy (non-hydrogen) atoms. The van der Waals surface area contributed by atoms with Gasteiger partial charge in [0.2, 0.25) is 0 Å². The Bertz CT molecular complexity index is 429. The van der Waals surface area contributed by atoms with Gasteiger partial charge in [-0.05, 0) is 61.8 Å². The first-order chi connectivity index (χ1) is 9.63. The smallest absolute Gasteiger partial charge is 0.119 e. The third-order valence-corrected chi connectivity index (χ3v) is 4.61. The zero-order valence-corrected chi connectivity index (χ0v) is 13.4. The lowest BCUT2D eigenvalue weighted by Gasteiger charge is -2.30. The minimum atomic E-state index is 0.493. The number of rotatable bonds is 6. The van der Waals surface area contributed by atoms with Gasteiger partial charge in [-0.25, -0.2) is 0 Å². The average molecular weight is 275 g/mol. The number of aryl methyl sites for hydroxylation is 1. The average Bonchev–Trinajstić information content (AvgIpc) is 2.46. The van der Waals surface area contributed by atoms with Gasteiger partial charge >= 0.3 is 0 Å². The molecule has 0 radical (unpaired) electrons. The molecule has 0 bridgehead atoms. The topological polar surface area (TPSA) is 21.3 Å². The number of fused-ring (bicyclic) bond motifs is 1. The summed E-state index contributed by atoms with van der Waals surface area (Å²) >= 11 is 0. The Morgan fingerprint density at radius 3 is 2.85 bits per heavy atom. The van der Waals surface area contributed by atoms with E-state index < -0.39 is 0 Å². The first kappa shape index (κ1) is 15.4. The Labute approximate surface area is 123 Å². The molecular weight excluding hydrogens is 246 g/mol. The maximum absolute atomic E-state index is 5.39. The predicted molar refractivity (Wildman–Crippen MR) is 85.3 cm³/mol. The predicted octanol–water partition coefficient (Wildman–Crippen LogP) is 4.49. The van der Waals surface area contributed by atoms with Crippen molar-refractivity contribution in [3.05, 3.63) is 29.3 Å². The molecule has 112 valence electrons. The summed E-state index contributed by atoms with van der Waals surface area (Å²) in [5, 5.41) is 3.84. The Balaban J connectivity index is 2.07. The molecule has 1 aliphatic carbocycles. The molecule has 2 rings (SSSR count). The van der Waals surface area contributed by atoms with Gasteiger partial charge in [-0.15, -0.1) is 0 Å². The minimum Gasteiger partial charge on any atom is -0.497 e. The highest BCUT2D eigenvalue weighted by atomic mass is 16.5. The second kappa shape index (κ2) is 7.12. The first-order valence-electron chi connectivity index (χ1n) is 8.06. The van der Waals surface area contributed by atoms with Crippen LogP contribution in [-0.4, -0.2) is 13.2 Å². The molecule has 2 nitrogen and oxygen atoms in total. The quantitative estimate of drug-likeness (QED) is 0.826. The van der Waals surface area contributed by atoms with Crippen molar-refractivity contribution in [3.63, 3.8) is 0 Å². The molecule has 1 aromatic carbocycles. The van der Waals surface area contributed by atoms with E-state index in [2.05, 4.69) is 44.3 Å². The molecule has 2 heteroatoms. The molecule has 3 unspecified atom stereocenters. The van der Waals surface area contributed by atoms with Gasteiger partial charge in [-0.3, -0.25) is 0 Å². The lowest BCUT2D eigenvalue weighted by atomic mass is 9.86. The summed E-state index contributed by atoms with van der Waals surface area (Å²) in [5.74, 6) is 1.78. The SMILES string of the molecule is CCC(C)CC(C)NC1CCCc2ccc(OC)cc21. The van der Waals surface area contributed by atoms with Crippen LogP contribution in [0.1, 0.15) is 63.6 Å². The summed E-state index contributed by atoms with van der Waals surface area (Å²) in [4.78, 5) is 0. The van der Waals surface area contributed by atoms with E-state index in [1.807, 2.05) is 0 Å². The van der Waals surface area contributed by atoms with Gasteiger partial charge < -0.3 is 10.1 Å². The van der Waals surface area contributed by atoms with Crippen LogP contribution in [0.5, 0.6) is 5.75 Å². The molecule has 0 spiro atoms. The van der Waals surface area contributed by atoms with Gasteiger partial charge in [0.25, 0.3) is 0 Å². The second-order valence-electron chi connectivity index (χ2n) is 6.33. The molecule has 0 aliphatic heterocycles. The molecule has 1 aromatic rings. The highest BCUT2D eigenvalue weighted by Crippen LogP contribution is 2.33. The molecule has 0 amide bonds. The number of hydrogen-bond donors (Lipinski definition) is 1. The van der Waals surface area contributed by atoms with Gasteiger partial charge in [0.1, 0.15) is 5.75 Å². The highest BCUT2D eigenvalue weighted by Gasteiger charge is 2.22. The molecule has 1 N–H and O–H groups in total. The van der Waals surface area contributed by atoms with E-state index in [9.17, 15) is 0 Å². The third kappa shape index (κ3) is 3.76. The van der Waals surface area contributed by atoms with Crippen LogP contribution >= 0.6 is 0 Å². The van der Waals surface area contributed by atoms with Crippen molar-refractivity contribution in [2.45, 2.75) is 65.0 Å². The van der Waals surface area contributed by atoms with Gasteiger partial charge in [0.15, 0.2) is 0 Å². The molecule has 1 aliphatic rings. The summed E-state index contributed by atoms with van der Waals surface area (Å²) in [6, 6.07) is 7.62. The van der Waals surface area contributed by atoms with Crippen LogP contribution in [0.2, 0.25) is 0 Å².